The molecular formula is C27H28F3N5O4. The average molecular weight is 544 g/mol. The van der Waals surface area contributed by atoms with E-state index >= 15 is 0 Å². The van der Waals surface area contributed by atoms with Gasteiger partial charge in [0, 0.05) is 31.0 Å². The third-order valence-electron chi connectivity index (χ3n) is 5.52. The Labute approximate surface area is 222 Å². The van der Waals surface area contributed by atoms with Gasteiger partial charge in [-0.25, -0.2) is 9.97 Å². The molecule has 0 bridgehead atoms. The van der Waals surface area contributed by atoms with E-state index in [0.29, 0.717) is 35.9 Å². The number of carbonyl (C=O) groups is 1. The summed E-state index contributed by atoms with van der Waals surface area (Å²) in [4.78, 5) is 20.7. The molecule has 9 nitrogen and oxygen atoms in total. The van der Waals surface area contributed by atoms with E-state index in [1.807, 2.05) is 29.8 Å². The minimum Gasteiger partial charge on any atom is -0.457 e. The second-order valence-corrected chi connectivity index (χ2v) is 9.53. The summed E-state index contributed by atoms with van der Waals surface area (Å²) in [5.74, 6) is 0.598. The Bertz CT molecular complexity index is 1460. The lowest BCUT2D eigenvalue weighted by atomic mass is 10.1. The fourth-order valence-electron chi connectivity index (χ4n) is 3.92. The number of aliphatic hydroxyl groups is 1. The van der Waals surface area contributed by atoms with E-state index < -0.39 is 12.0 Å². The molecule has 2 aromatic carbocycles. The Balaban J connectivity index is 1.46. The largest absolute Gasteiger partial charge is 0.573 e. The van der Waals surface area contributed by atoms with Crippen LogP contribution < -0.4 is 20.1 Å². The van der Waals surface area contributed by atoms with Crippen molar-refractivity contribution in [3.63, 3.8) is 0 Å². The number of aryl methyl sites for hydroxylation is 1. The Morgan fingerprint density at radius 3 is 2.56 bits per heavy atom. The van der Waals surface area contributed by atoms with Gasteiger partial charge in [-0.2, -0.15) is 0 Å². The van der Waals surface area contributed by atoms with Crippen LogP contribution in [-0.2, 0) is 11.3 Å². The van der Waals surface area contributed by atoms with Crippen LogP contribution in [0, 0.1) is 6.92 Å². The molecule has 1 amide bonds. The van der Waals surface area contributed by atoms with Gasteiger partial charge in [-0.05, 0) is 62.7 Å². The molecule has 4 aromatic rings. The number of hydrogen-bond donors (Lipinski definition) is 3. The molecular weight excluding hydrogens is 515 g/mol. The minimum atomic E-state index is -4.79. The van der Waals surface area contributed by atoms with Gasteiger partial charge < -0.3 is 29.8 Å². The molecule has 3 N–H and O–H groups in total. The summed E-state index contributed by atoms with van der Waals surface area (Å²) in [6, 6.07) is 12.4. The highest BCUT2D eigenvalue weighted by Gasteiger charge is 2.31. The van der Waals surface area contributed by atoms with Crippen molar-refractivity contribution in [1.29, 1.82) is 0 Å². The Kier molecular flexibility index (Phi) is 7.95. The standard InChI is InChI=1S/C27H28F3N5O4/c1-17-13-18(7-8-22(17)38-19-5-4-6-20(14-19)39-27(28,29)30)34-25-24-21(32-16-33-25)9-11-35(24)12-10-31-23(36)15-26(2,3)37/h4-9,11,13-14,16,37H,10,12,15H2,1-3H3,(H,31,36)(H,32,33,34). The predicted octanol–water partition coefficient (Wildman–Crippen LogP) is 5.45. The van der Waals surface area contributed by atoms with Crippen LogP contribution in [0.3, 0.4) is 0 Å². The average Bonchev–Trinajstić information content (AvgIpc) is 3.23. The molecule has 0 saturated carbocycles. The van der Waals surface area contributed by atoms with Crippen LogP contribution in [0.1, 0.15) is 25.8 Å². The van der Waals surface area contributed by atoms with Gasteiger partial charge in [-0.3, -0.25) is 4.79 Å². The Morgan fingerprint density at radius 2 is 1.85 bits per heavy atom. The van der Waals surface area contributed by atoms with Gasteiger partial charge in [0.15, 0.2) is 5.82 Å². The summed E-state index contributed by atoms with van der Waals surface area (Å²) in [6.45, 7) is 5.78. The number of nitrogens with one attached hydrogen (secondary N) is 2. The molecule has 2 heterocycles. The van der Waals surface area contributed by atoms with Gasteiger partial charge in [0.1, 0.15) is 29.1 Å². The van der Waals surface area contributed by atoms with Crippen LogP contribution in [0.5, 0.6) is 17.2 Å². The van der Waals surface area contributed by atoms with E-state index in [2.05, 4.69) is 25.3 Å². The fourth-order valence-corrected chi connectivity index (χ4v) is 3.92. The maximum atomic E-state index is 12.5. The van der Waals surface area contributed by atoms with Crippen molar-refractivity contribution in [1.82, 2.24) is 19.9 Å². The van der Waals surface area contributed by atoms with Gasteiger partial charge in [0.2, 0.25) is 5.91 Å². The molecule has 4 rings (SSSR count). The quantitative estimate of drug-likeness (QED) is 0.244. The third kappa shape index (κ3) is 7.84. The molecule has 0 spiro atoms. The highest BCUT2D eigenvalue weighted by molar-refractivity contribution is 5.88. The second-order valence-electron chi connectivity index (χ2n) is 9.53. The molecule has 12 heteroatoms. The number of amides is 1. The third-order valence-corrected chi connectivity index (χ3v) is 5.52. The number of fused-ring (bicyclic) bond motifs is 1. The molecule has 39 heavy (non-hydrogen) atoms. The lowest BCUT2D eigenvalue weighted by Gasteiger charge is -2.16. The number of rotatable bonds is 10. The molecule has 2 aromatic heterocycles. The van der Waals surface area contributed by atoms with Crippen LogP contribution in [0.2, 0.25) is 0 Å². The first-order valence-electron chi connectivity index (χ1n) is 12.1. The van der Waals surface area contributed by atoms with E-state index in [4.69, 9.17) is 4.74 Å². The maximum absolute atomic E-state index is 12.5. The van der Waals surface area contributed by atoms with Gasteiger partial charge in [-0.15, -0.1) is 13.2 Å². The first kappa shape index (κ1) is 27.7. The molecule has 0 aliphatic rings. The van der Waals surface area contributed by atoms with Gasteiger partial charge in [0.05, 0.1) is 17.5 Å². The van der Waals surface area contributed by atoms with Crippen LogP contribution in [-0.4, -0.2) is 44.1 Å². The fraction of sp³-hybridized carbons (Fsp3) is 0.296. The molecule has 0 fully saturated rings. The zero-order valence-electron chi connectivity index (χ0n) is 21.5. The SMILES string of the molecule is Cc1cc(Nc2ncnc3ccn(CCNC(=O)CC(C)(C)O)c23)ccc1Oc1cccc(OC(F)(F)F)c1. The number of ether oxygens (including phenoxy) is 2. The first-order chi connectivity index (χ1) is 18.4. The monoisotopic (exact) mass is 543 g/mol. The topological polar surface area (TPSA) is 111 Å². The number of benzene rings is 2. The molecule has 0 saturated heterocycles. The molecule has 0 atom stereocenters. The van der Waals surface area contributed by atoms with Crippen molar-refractivity contribution >= 4 is 28.4 Å². The maximum Gasteiger partial charge on any atom is 0.573 e. The van der Waals surface area contributed by atoms with Crippen molar-refractivity contribution in [2.45, 2.75) is 45.7 Å². The van der Waals surface area contributed by atoms with Crippen molar-refractivity contribution < 1.29 is 32.5 Å². The van der Waals surface area contributed by atoms with Crippen LogP contribution >= 0.6 is 0 Å². The number of nitrogens with zero attached hydrogens (tertiary/aromatic N) is 3. The lowest BCUT2D eigenvalue weighted by molar-refractivity contribution is -0.274. The van der Waals surface area contributed by atoms with E-state index in [1.54, 1.807) is 26.0 Å². The number of aromatic nitrogens is 3. The van der Waals surface area contributed by atoms with Crippen molar-refractivity contribution in [3.05, 3.63) is 66.6 Å². The highest BCUT2D eigenvalue weighted by Crippen LogP contribution is 2.32. The lowest BCUT2D eigenvalue weighted by Crippen LogP contribution is -2.33. The Hall–Kier alpha value is -4.32. The number of anilines is 2. The number of alkyl halides is 3. The molecule has 0 aliphatic heterocycles. The number of halogens is 3. The summed E-state index contributed by atoms with van der Waals surface area (Å²) in [6.07, 6.45) is -1.49. The van der Waals surface area contributed by atoms with E-state index in [9.17, 15) is 23.1 Å². The van der Waals surface area contributed by atoms with Crippen LogP contribution in [0.25, 0.3) is 11.0 Å². The number of hydrogen-bond acceptors (Lipinski definition) is 7. The summed E-state index contributed by atoms with van der Waals surface area (Å²) >= 11 is 0. The van der Waals surface area contributed by atoms with Crippen LogP contribution in [0.15, 0.2) is 61.1 Å². The minimum absolute atomic E-state index is 0.00117. The Morgan fingerprint density at radius 1 is 1.08 bits per heavy atom. The smallest absolute Gasteiger partial charge is 0.457 e. The zero-order valence-corrected chi connectivity index (χ0v) is 21.5. The molecule has 206 valence electrons. The number of carbonyl (C=O) groups excluding carboxylic acids is 1. The highest BCUT2D eigenvalue weighted by atomic mass is 19.4. The van der Waals surface area contributed by atoms with Gasteiger partial charge in [-0.1, -0.05) is 6.07 Å². The molecule has 0 unspecified atom stereocenters. The second kappa shape index (κ2) is 11.2. The zero-order chi connectivity index (χ0) is 28.2. The van der Waals surface area contributed by atoms with E-state index in [1.165, 1.54) is 24.5 Å². The van der Waals surface area contributed by atoms with Crippen molar-refractivity contribution in [2.24, 2.45) is 0 Å². The van der Waals surface area contributed by atoms with E-state index in [-0.39, 0.29) is 23.8 Å². The molecule has 0 aliphatic carbocycles. The normalized spacial score (nSPS) is 11.9. The van der Waals surface area contributed by atoms with Crippen molar-refractivity contribution in [3.8, 4) is 17.2 Å². The van der Waals surface area contributed by atoms with E-state index in [0.717, 1.165) is 17.1 Å². The summed E-state index contributed by atoms with van der Waals surface area (Å²) in [7, 11) is 0. The molecule has 0 radical (unpaired) electrons. The van der Waals surface area contributed by atoms with Crippen LogP contribution in [0.4, 0.5) is 24.7 Å². The van der Waals surface area contributed by atoms with Gasteiger partial charge >= 0.3 is 6.36 Å². The predicted molar refractivity (Wildman–Crippen MR) is 139 cm³/mol. The summed E-state index contributed by atoms with van der Waals surface area (Å²) in [5, 5.41) is 15.9. The summed E-state index contributed by atoms with van der Waals surface area (Å²) in [5.41, 5.74) is 1.82. The van der Waals surface area contributed by atoms with Crippen molar-refractivity contribution in [2.75, 3.05) is 11.9 Å². The first-order valence-corrected chi connectivity index (χ1v) is 12.1. The summed E-state index contributed by atoms with van der Waals surface area (Å²) < 4.78 is 49.3. The van der Waals surface area contributed by atoms with Gasteiger partial charge in [0.25, 0.3) is 0 Å².